The van der Waals surface area contributed by atoms with Crippen LogP contribution in [0.2, 0.25) is 0 Å². The first-order valence-electron chi connectivity index (χ1n) is 9.37. The van der Waals surface area contributed by atoms with Crippen LogP contribution in [0.4, 0.5) is 5.69 Å². The van der Waals surface area contributed by atoms with Crippen LogP contribution < -0.4 is 14.8 Å². The number of aromatic nitrogens is 2. The van der Waals surface area contributed by atoms with Crippen LogP contribution in [0.5, 0.6) is 11.5 Å². The molecular formula is C22H23N3O3. The minimum absolute atomic E-state index is 0.214. The van der Waals surface area contributed by atoms with E-state index in [0.29, 0.717) is 29.6 Å². The zero-order valence-electron chi connectivity index (χ0n) is 16.0. The van der Waals surface area contributed by atoms with E-state index in [1.807, 2.05) is 37.4 Å². The number of carbonyl (C=O) groups excluding carboxylic acids is 1. The van der Waals surface area contributed by atoms with Crippen LogP contribution in [0.3, 0.4) is 0 Å². The Morgan fingerprint density at radius 3 is 2.82 bits per heavy atom. The lowest BCUT2D eigenvalue weighted by Gasteiger charge is -2.15. The third kappa shape index (κ3) is 4.01. The van der Waals surface area contributed by atoms with Crippen LogP contribution in [0.1, 0.15) is 28.8 Å². The number of anilines is 1. The van der Waals surface area contributed by atoms with E-state index < -0.39 is 0 Å². The molecule has 2 aromatic carbocycles. The number of aryl methyl sites for hydroxylation is 1. The zero-order chi connectivity index (χ0) is 19.5. The van der Waals surface area contributed by atoms with Gasteiger partial charge in [-0.05, 0) is 61.6 Å². The average Bonchev–Trinajstić information content (AvgIpc) is 3.38. The van der Waals surface area contributed by atoms with Crippen molar-refractivity contribution in [3.8, 4) is 17.2 Å². The summed E-state index contributed by atoms with van der Waals surface area (Å²) < 4.78 is 13.0. The van der Waals surface area contributed by atoms with Crippen molar-refractivity contribution in [1.29, 1.82) is 0 Å². The SMILES string of the molecule is COc1ccc(C(=O)Nc2cc(-n3cccn3)ccc2C)c(OCC2CC2)c1. The first kappa shape index (κ1) is 18.1. The second kappa shape index (κ2) is 7.76. The Labute approximate surface area is 164 Å². The quantitative estimate of drug-likeness (QED) is 0.669. The highest BCUT2D eigenvalue weighted by Gasteiger charge is 2.23. The molecule has 0 spiro atoms. The summed E-state index contributed by atoms with van der Waals surface area (Å²) in [6.45, 7) is 2.59. The van der Waals surface area contributed by atoms with Crippen LogP contribution in [0.15, 0.2) is 54.9 Å². The molecule has 1 saturated carbocycles. The lowest BCUT2D eigenvalue weighted by molar-refractivity contribution is 0.102. The minimum atomic E-state index is -0.214. The smallest absolute Gasteiger partial charge is 0.259 e. The average molecular weight is 377 g/mol. The van der Waals surface area contributed by atoms with E-state index in [4.69, 9.17) is 9.47 Å². The van der Waals surface area contributed by atoms with Crippen molar-refractivity contribution in [2.24, 2.45) is 5.92 Å². The maximum absolute atomic E-state index is 13.0. The highest BCUT2D eigenvalue weighted by Crippen LogP contribution is 2.32. The van der Waals surface area contributed by atoms with Gasteiger partial charge in [0.15, 0.2) is 0 Å². The fourth-order valence-electron chi connectivity index (χ4n) is 2.93. The standard InChI is InChI=1S/C22H23N3O3/c1-15-4-7-17(25-11-3-10-23-25)12-20(15)24-22(26)19-9-8-18(27-2)13-21(19)28-14-16-5-6-16/h3-4,7-13,16H,5-6,14H2,1-2H3,(H,24,26). The molecule has 0 saturated heterocycles. The van der Waals surface area contributed by atoms with Crippen LogP contribution in [-0.2, 0) is 0 Å². The molecule has 6 heteroatoms. The summed E-state index contributed by atoms with van der Waals surface area (Å²) in [6.07, 6.45) is 5.96. The number of methoxy groups -OCH3 is 1. The highest BCUT2D eigenvalue weighted by atomic mass is 16.5. The number of rotatable bonds is 7. The Bertz CT molecular complexity index is 979. The third-order valence-electron chi connectivity index (χ3n) is 4.84. The number of amides is 1. The monoisotopic (exact) mass is 377 g/mol. The number of nitrogens with one attached hydrogen (secondary N) is 1. The molecule has 1 N–H and O–H groups in total. The van der Waals surface area contributed by atoms with E-state index in [-0.39, 0.29) is 5.91 Å². The van der Waals surface area contributed by atoms with E-state index >= 15 is 0 Å². The van der Waals surface area contributed by atoms with Crippen LogP contribution >= 0.6 is 0 Å². The molecule has 144 valence electrons. The molecule has 1 heterocycles. The topological polar surface area (TPSA) is 65.4 Å². The first-order chi connectivity index (χ1) is 13.6. The number of benzene rings is 2. The van der Waals surface area contributed by atoms with Gasteiger partial charge < -0.3 is 14.8 Å². The molecular weight excluding hydrogens is 354 g/mol. The lowest BCUT2D eigenvalue weighted by atomic mass is 10.1. The number of nitrogens with zero attached hydrogens (tertiary/aromatic N) is 2. The van der Waals surface area contributed by atoms with Gasteiger partial charge in [-0.1, -0.05) is 6.07 Å². The molecule has 1 fully saturated rings. The molecule has 0 atom stereocenters. The Morgan fingerprint density at radius 2 is 2.11 bits per heavy atom. The van der Waals surface area contributed by atoms with Gasteiger partial charge in [0.1, 0.15) is 11.5 Å². The van der Waals surface area contributed by atoms with Gasteiger partial charge in [0.05, 0.1) is 25.0 Å². The molecule has 1 aliphatic rings. The lowest BCUT2D eigenvalue weighted by Crippen LogP contribution is -2.15. The molecule has 0 unspecified atom stereocenters. The fraction of sp³-hybridized carbons (Fsp3) is 0.273. The van der Waals surface area contributed by atoms with Crippen LogP contribution in [0, 0.1) is 12.8 Å². The molecule has 0 radical (unpaired) electrons. The van der Waals surface area contributed by atoms with Gasteiger partial charge in [-0.2, -0.15) is 5.10 Å². The molecule has 6 nitrogen and oxygen atoms in total. The molecule has 1 aliphatic carbocycles. The Morgan fingerprint density at radius 1 is 1.25 bits per heavy atom. The normalized spacial score (nSPS) is 13.2. The second-order valence-electron chi connectivity index (χ2n) is 7.02. The van der Waals surface area contributed by atoms with Crippen molar-refractivity contribution >= 4 is 11.6 Å². The molecule has 4 rings (SSSR count). The first-order valence-corrected chi connectivity index (χ1v) is 9.37. The highest BCUT2D eigenvalue weighted by molar-refractivity contribution is 6.06. The van der Waals surface area contributed by atoms with Crippen LogP contribution in [0.25, 0.3) is 5.69 Å². The predicted molar refractivity (Wildman–Crippen MR) is 107 cm³/mol. The Kier molecular flexibility index (Phi) is 5.02. The van der Waals surface area contributed by atoms with Crippen molar-refractivity contribution in [3.05, 3.63) is 66.0 Å². The van der Waals surface area contributed by atoms with Crippen molar-refractivity contribution in [1.82, 2.24) is 9.78 Å². The van der Waals surface area contributed by atoms with Crippen LogP contribution in [-0.4, -0.2) is 29.4 Å². The predicted octanol–water partition coefficient (Wildman–Crippen LogP) is 4.23. The largest absolute Gasteiger partial charge is 0.497 e. The third-order valence-corrected chi connectivity index (χ3v) is 4.84. The maximum atomic E-state index is 13.0. The second-order valence-corrected chi connectivity index (χ2v) is 7.02. The van der Waals surface area contributed by atoms with Crippen molar-refractivity contribution < 1.29 is 14.3 Å². The summed E-state index contributed by atoms with van der Waals surface area (Å²) in [5.41, 5.74) is 3.08. The summed E-state index contributed by atoms with van der Waals surface area (Å²) in [5.74, 6) is 1.59. The van der Waals surface area contributed by atoms with Crippen molar-refractivity contribution in [2.75, 3.05) is 19.0 Å². The Balaban J connectivity index is 1.58. The minimum Gasteiger partial charge on any atom is -0.497 e. The molecule has 0 aliphatic heterocycles. The van der Waals surface area contributed by atoms with Gasteiger partial charge in [0, 0.05) is 24.1 Å². The zero-order valence-corrected chi connectivity index (χ0v) is 16.0. The van der Waals surface area contributed by atoms with E-state index in [9.17, 15) is 4.79 Å². The molecule has 3 aromatic rings. The number of carbonyl (C=O) groups is 1. The van der Waals surface area contributed by atoms with Gasteiger partial charge in [0.2, 0.25) is 0 Å². The number of hydrogen-bond donors (Lipinski definition) is 1. The number of ether oxygens (including phenoxy) is 2. The van der Waals surface area contributed by atoms with Gasteiger partial charge in [0.25, 0.3) is 5.91 Å². The summed E-state index contributed by atoms with van der Waals surface area (Å²) in [7, 11) is 1.60. The van der Waals surface area contributed by atoms with E-state index in [1.54, 1.807) is 36.2 Å². The molecule has 28 heavy (non-hydrogen) atoms. The molecule has 1 amide bonds. The van der Waals surface area contributed by atoms with E-state index in [2.05, 4.69) is 10.4 Å². The maximum Gasteiger partial charge on any atom is 0.259 e. The van der Waals surface area contributed by atoms with Gasteiger partial charge in [-0.25, -0.2) is 4.68 Å². The van der Waals surface area contributed by atoms with E-state index in [1.165, 1.54) is 12.8 Å². The summed E-state index contributed by atoms with van der Waals surface area (Å²) >= 11 is 0. The summed E-state index contributed by atoms with van der Waals surface area (Å²) in [5, 5.41) is 7.25. The summed E-state index contributed by atoms with van der Waals surface area (Å²) in [6, 6.07) is 13.0. The Hall–Kier alpha value is -3.28. The van der Waals surface area contributed by atoms with Gasteiger partial charge in [-0.3, -0.25) is 4.79 Å². The van der Waals surface area contributed by atoms with E-state index in [0.717, 1.165) is 16.9 Å². The van der Waals surface area contributed by atoms with Crippen molar-refractivity contribution in [2.45, 2.75) is 19.8 Å². The fourth-order valence-corrected chi connectivity index (χ4v) is 2.93. The molecule has 1 aromatic heterocycles. The van der Waals surface area contributed by atoms with Gasteiger partial charge in [-0.15, -0.1) is 0 Å². The number of hydrogen-bond acceptors (Lipinski definition) is 4. The van der Waals surface area contributed by atoms with Gasteiger partial charge >= 0.3 is 0 Å². The van der Waals surface area contributed by atoms with Crippen molar-refractivity contribution in [3.63, 3.8) is 0 Å². The summed E-state index contributed by atoms with van der Waals surface area (Å²) in [4.78, 5) is 13.0. The molecule has 0 bridgehead atoms.